The van der Waals surface area contributed by atoms with Crippen LogP contribution in [-0.4, -0.2) is 38.0 Å². The Morgan fingerprint density at radius 3 is 2.42 bits per heavy atom. The Morgan fingerprint density at radius 1 is 0.956 bits per heavy atom. The predicted octanol–water partition coefficient (Wildman–Crippen LogP) is 5.71. The van der Waals surface area contributed by atoms with E-state index in [0.717, 1.165) is 5.56 Å². The number of benzene rings is 3. The SMILES string of the molecule is CCOc1ccc([C@@H]2C(C(=O)OC)=CN=c3s/c(=C\c4cc(Cl)c(OCc5ccccc5Cl)c(OC)c4)c(=O)n32)cc1OCC. The number of esters is 1. The van der Waals surface area contributed by atoms with Gasteiger partial charge in [-0.1, -0.05) is 58.8 Å². The van der Waals surface area contributed by atoms with Gasteiger partial charge in [0.1, 0.15) is 6.61 Å². The standard InChI is InChI=1S/C33H30Cl2N2O7S/c1-5-42-25-12-11-20(16-26(25)43-6-2)29-22(32(39)41-4)17-36-33-37(29)31(38)28(45-33)15-19-13-24(35)30(27(14-19)40-3)44-18-21-9-7-8-10-23(21)34/h7-17,29H,5-6,18H2,1-4H3/b28-15-/t29-/m1/s1. The molecule has 0 aliphatic carbocycles. The molecule has 0 bridgehead atoms. The van der Waals surface area contributed by atoms with Crippen molar-refractivity contribution in [1.29, 1.82) is 0 Å². The second-order valence-corrected chi connectivity index (χ2v) is 11.5. The lowest BCUT2D eigenvalue weighted by atomic mass is 9.97. The van der Waals surface area contributed by atoms with E-state index < -0.39 is 12.0 Å². The molecule has 12 heteroatoms. The fraction of sp³-hybridized carbons (Fsp3) is 0.242. The smallest absolute Gasteiger partial charge is 0.337 e. The molecule has 0 N–H and O–H groups in total. The Kier molecular flexibility index (Phi) is 10.2. The third-order valence-corrected chi connectivity index (χ3v) is 8.53. The quantitative estimate of drug-likeness (QED) is 0.189. The van der Waals surface area contributed by atoms with Gasteiger partial charge in [0.25, 0.3) is 5.56 Å². The van der Waals surface area contributed by atoms with Crippen LogP contribution in [0.4, 0.5) is 0 Å². The maximum Gasteiger partial charge on any atom is 0.337 e. The first kappa shape index (κ1) is 32.2. The molecule has 45 heavy (non-hydrogen) atoms. The molecule has 0 spiro atoms. The molecule has 0 unspecified atom stereocenters. The van der Waals surface area contributed by atoms with Crippen molar-refractivity contribution in [2.24, 2.45) is 4.99 Å². The molecule has 3 aromatic carbocycles. The molecule has 9 nitrogen and oxygen atoms in total. The molecule has 1 aromatic heterocycles. The van der Waals surface area contributed by atoms with E-state index in [4.69, 9.17) is 46.9 Å². The Balaban J connectivity index is 1.57. The molecule has 0 amide bonds. The topological polar surface area (TPSA) is 97.6 Å². The lowest BCUT2D eigenvalue weighted by Crippen LogP contribution is -2.39. The van der Waals surface area contributed by atoms with E-state index in [1.165, 1.54) is 36.3 Å². The molecule has 1 aliphatic heterocycles. The van der Waals surface area contributed by atoms with Gasteiger partial charge in [0.05, 0.1) is 48.6 Å². The molecule has 0 saturated heterocycles. The van der Waals surface area contributed by atoms with E-state index in [1.807, 2.05) is 32.0 Å². The van der Waals surface area contributed by atoms with E-state index in [9.17, 15) is 9.59 Å². The number of rotatable bonds is 11. The van der Waals surface area contributed by atoms with Crippen LogP contribution in [0.25, 0.3) is 6.08 Å². The molecule has 1 atom stereocenters. The zero-order valence-corrected chi connectivity index (χ0v) is 27.3. The van der Waals surface area contributed by atoms with Crippen LogP contribution in [0.15, 0.2) is 76.2 Å². The molecule has 0 fully saturated rings. The molecule has 5 rings (SSSR count). The minimum Gasteiger partial charge on any atom is -0.493 e. The molecule has 1 aliphatic rings. The lowest BCUT2D eigenvalue weighted by Gasteiger charge is -2.23. The van der Waals surface area contributed by atoms with Gasteiger partial charge in [0.2, 0.25) is 0 Å². The van der Waals surface area contributed by atoms with Crippen molar-refractivity contribution < 1.29 is 28.5 Å². The fourth-order valence-electron chi connectivity index (χ4n) is 4.87. The van der Waals surface area contributed by atoms with Crippen molar-refractivity contribution in [3.05, 3.63) is 113 Å². The number of carbonyl (C=O) groups excluding carboxylic acids is 1. The summed E-state index contributed by atoms with van der Waals surface area (Å²) < 4.78 is 30.0. The average Bonchev–Trinajstić information content (AvgIpc) is 3.35. The highest BCUT2D eigenvalue weighted by Crippen LogP contribution is 2.38. The molecule has 0 radical (unpaired) electrons. The zero-order chi connectivity index (χ0) is 32.1. The minimum atomic E-state index is -0.815. The fourth-order valence-corrected chi connectivity index (χ4v) is 6.30. The van der Waals surface area contributed by atoms with Crippen molar-refractivity contribution in [1.82, 2.24) is 4.57 Å². The Bertz CT molecular complexity index is 1950. The summed E-state index contributed by atoms with van der Waals surface area (Å²) in [7, 11) is 2.79. The van der Waals surface area contributed by atoms with Crippen molar-refractivity contribution >= 4 is 46.6 Å². The number of thiazole rings is 1. The van der Waals surface area contributed by atoms with Crippen LogP contribution < -0.4 is 33.8 Å². The van der Waals surface area contributed by atoms with Crippen LogP contribution in [0.2, 0.25) is 10.0 Å². The highest BCUT2D eigenvalue weighted by molar-refractivity contribution is 7.07. The monoisotopic (exact) mass is 668 g/mol. The van der Waals surface area contributed by atoms with E-state index in [2.05, 4.69) is 4.99 Å². The van der Waals surface area contributed by atoms with Gasteiger partial charge in [-0.2, -0.15) is 0 Å². The van der Waals surface area contributed by atoms with Gasteiger partial charge >= 0.3 is 5.97 Å². The van der Waals surface area contributed by atoms with Crippen LogP contribution >= 0.6 is 34.5 Å². The molecular formula is C33H30Cl2N2O7S. The summed E-state index contributed by atoms with van der Waals surface area (Å²) in [6, 6.07) is 15.3. The minimum absolute atomic E-state index is 0.187. The van der Waals surface area contributed by atoms with Gasteiger partial charge in [0.15, 0.2) is 27.8 Å². The number of ether oxygens (including phenoxy) is 5. The van der Waals surface area contributed by atoms with Crippen LogP contribution in [0.1, 0.15) is 36.6 Å². The summed E-state index contributed by atoms with van der Waals surface area (Å²) in [5.74, 6) is 1.19. The Hall–Kier alpha value is -4.25. The third-order valence-electron chi connectivity index (χ3n) is 6.89. The van der Waals surface area contributed by atoms with Crippen molar-refractivity contribution in [2.45, 2.75) is 26.5 Å². The highest BCUT2D eigenvalue weighted by Gasteiger charge is 2.31. The molecular weight excluding hydrogens is 639 g/mol. The summed E-state index contributed by atoms with van der Waals surface area (Å²) in [4.78, 5) is 31.7. The summed E-state index contributed by atoms with van der Waals surface area (Å²) in [6.07, 6.45) is 3.13. The normalized spacial score (nSPS) is 14.2. The first-order valence-corrected chi connectivity index (χ1v) is 15.6. The number of nitrogens with zero attached hydrogens (tertiary/aromatic N) is 2. The summed E-state index contributed by atoms with van der Waals surface area (Å²) in [6.45, 7) is 4.79. The van der Waals surface area contributed by atoms with Crippen LogP contribution in [0.5, 0.6) is 23.0 Å². The maximum atomic E-state index is 14.0. The van der Waals surface area contributed by atoms with Crippen LogP contribution in [0, 0.1) is 0 Å². The van der Waals surface area contributed by atoms with E-state index >= 15 is 0 Å². The lowest BCUT2D eigenvalue weighted by molar-refractivity contribution is -0.136. The first-order chi connectivity index (χ1) is 21.8. The van der Waals surface area contributed by atoms with Crippen molar-refractivity contribution in [3.8, 4) is 23.0 Å². The second-order valence-electron chi connectivity index (χ2n) is 9.66. The number of carbonyl (C=O) groups is 1. The largest absolute Gasteiger partial charge is 0.493 e. The van der Waals surface area contributed by atoms with Gasteiger partial charge in [0, 0.05) is 16.8 Å². The van der Waals surface area contributed by atoms with Gasteiger partial charge in [-0.25, -0.2) is 9.79 Å². The number of halogens is 2. The number of methoxy groups -OCH3 is 2. The molecule has 0 saturated carbocycles. The molecule has 234 valence electrons. The van der Waals surface area contributed by atoms with E-state index in [-0.39, 0.29) is 17.7 Å². The first-order valence-electron chi connectivity index (χ1n) is 14.0. The predicted molar refractivity (Wildman–Crippen MR) is 174 cm³/mol. The number of aromatic nitrogens is 1. The second kappa shape index (κ2) is 14.2. The summed E-state index contributed by atoms with van der Waals surface area (Å²) in [5, 5.41) is 0.872. The molecule has 2 heterocycles. The Morgan fingerprint density at radius 2 is 1.71 bits per heavy atom. The maximum absolute atomic E-state index is 14.0. The van der Waals surface area contributed by atoms with Crippen molar-refractivity contribution in [3.63, 3.8) is 0 Å². The highest BCUT2D eigenvalue weighted by atomic mass is 35.5. The molecule has 4 aromatic rings. The van der Waals surface area contributed by atoms with Gasteiger partial charge in [-0.3, -0.25) is 9.36 Å². The van der Waals surface area contributed by atoms with Crippen molar-refractivity contribution in [2.75, 3.05) is 27.4 Å². The number of fused-ring (bicyclic) bond motifs is 1. The van der Waals surface area contributed by atoms with E-state index in [1.54, 1.807) is 42.5 Å². The zero-order valence-electron chi connectivity index (χ0n) is 25.0. The third kappa shape index (κ3) is 6.73. The Labute approximate surface area is 273 Å². The van der Waals surface area contributed by atoms with Gasteiger partial charge in [-0.05, 0) is 61.4 Å². The summed E-state index contributed by atoms with van der Waals surface area (Å²) >= 11 is 14.1. The van der Waals surface area contributed by atoms with Gasteiger partial charge in [-0.15, -0.1) is 0 Å². The average molecular weight is 670 g/mol. The van der Waals surface area contributed by atoms with Gasteiger partial charge < -0.3 is 23.7 Å². The van der Waals surface area contributed by atoms with Crippen LogP contribution in [-0.2, 0) is 16.1 Å². The summed E-state index contributed by atoms with van der Waals surface area (Å²) in [5.41, 5.74) is 1.89. The van der Waals surface area contributed by atoms with E-state index in [0.29, 0.717) is 66.7 Å². The number of hydrogen-bond acceptors (Lipinski definition) is 9. The number of hydrogen-bond donors (Lipinski definition) is 0. The van der Waals surface area contributed by atoms with Crippen LogP contribution in [0.3, 0.4) is 0 Å².